The van der Waals surface area contributed by atoms with E-state index >= 15 is 0 Å². The molecule has 2 aromatic carbocycles. The number of rotatable bonds is 6. The van der Waals surface area contributed by atoms with Crippen LogP contribution in [-0.4, -0.2) is 16.8 Å². The summed E-state index contributed by atoms with van der Waals surface area (Å²) < 4.78 is 51.9. The fraction of sp³-hybridized carbons (Fsp3) is 0. The summed E-state index contributed by atoms with van der Waals surface area (Å²) in [7, 11) is -8.49. The van der Waals surface area contributed by atoms with Crippen molar-refractivity contribution < 1.29 is 16.8 Å². The fourth-order valence-corrected chi connectivity index (χ4v) is 7.84. The van der Waals surface area contributed by atoms with Gasteiger partial charge >= 0.3 is 0 Å². The Balaban J connectivity index is 1.80. The van der Waals surface area contributed by atoms with E-state index in [0.717, 1.165) is 16.2 Å². The highest BCUT2D eigenvalue weighted by atomic mass is 35.5. The van der Waals surface area contributed by atoms with Crippen molar-refractivity contribution >= 4 is 66.3 Å². The lowest BCUT2D eigenvalue weighted by molar-refractivity contribution is 0.578. The molecule has 3 rings (SSSR count). The van der Waals surface area contributed by atoms with Crippen LogP contribution in [0.4, 0.5) is 0 Å². The third-order valence-electron chi connectivity index (χ3n) is 3.20. The van der Waals surface area contributed by atoms with Gasteiger partial charge < -0.3 is 0 Å². The summed E-state index contributed by atoms with van der Waals surface area (Å²) in [4.78, 5) is 0.690. The molecule has 0 saturated carbocycles. The number of nitrogens with one attached hydrogen (secondary N) is 1. The van der Waals surface area contributed by atoms with E-state index in [2.05, 4.69) is 0 Å². The average Bonchev–Trinajstić information content (AvgIpc) is 3.06. The normalized spacial score (nSPS) is 12.2. The molecule has 0 unspecified atom stereocenters. The van der Waals surface area contributed by atoms with E-state index in [4.69, 9.17) is 23.2 Å². The number of halogens is 2. The van der Waals surface area contributed by atoms with Crippen LogP contribution >= 0.6 is 46.3 Å². The first kappa shape index (κ1) is 20.7. The first-order valence-electron chi connectivity index (χ1n) is 7.23. The van der Waals surface area contributed by atoms with E-state index < -0.39 is 20.0 Å². The number of benzene rings is 2. The van der Waals surface area contributed by atoms with Crippen molar-refractivity contribution in [2.24, 2.45) is 0 Å². The quantitative estimate of drug-likeness (QED) is 0.544. The Hall–Kier alpha value is -1.07. The monoisotopic (exact) mass is 479 g/mol. The van der Waals surface area contributed by atoms with E-state index in [0.29, 0.717) is 14.3 Å². The SMILES string of the molecule is O=S(=O)(NS(=O)(=O)c1ccc(Sc2ccc(Cl)cc2)s1)c1ccc(Cl)cc1. The lowest BCUT2D eigenvalue weighted by Crippen LogP contribution is -2.30. The maximum Gasteiger partial charge on any atom is 0.263 e. The van der Waals surface area contributed by atoms with Crippen molar-refractivity contribution in [3.63, 3.8) is 0 Å². The zero-order valence-corrected chi connectivity index (χ0v) is 18.1. The van der Waals surface area contributed by atoms with Crippen molar-refractivity contribution in [1.82, 2.24) is 4.13 Å². The van der Waals surface area contributed by atoms with Crippen LogP contribution in [-0.2, 0) is 20.0 Å². The van der Waals surface area contributed by atoms with Gasteiger partial charge in [-0.25, -0.2) is 16.8 Å². The Morgan fingerprint density at radius 1 is 0.741 bits per heavy atom. The summed E-state index contributed by atoms with van der Waals surface area (Å²) in [5, 5.41) is 0.948. The molecule has 0 amide bonds. The van der Waals surface area contributed by atoms with Crippen LogP contribution in [0.1, 0.15) is 0 Å². The van der Waals surface area contributed by atoms with Gasteiger partial charge in [0.1, 0.15) is 4.21 Å². The summed E-state index contributed by atoms with van der Waals surface area (Å²) in [5.74, 6) is 0. The molecular weight excluding hydrogens is 469 g/mol. The molecule has 5 nitrogen and oxygen atoms in total. The molecule has 0 fully saturated rings. The first-order chi connectivity index (χ1) is 12.7. The summed E-state index contributed by atoms with van der Waals surface area (Å²) in [5.41, 5.74) is 0. The van der Waals surface area contributed by atoms with Crippen LogP contribution in [0.2, 0.25) is 10.0 Å². The number of hydrogen-bond donors (Lipinski definition) is 1. The van der Waals surface area contributed by atoms with Crippen molar-refractivity contribution in [2.45, 2.75) is 18.2 Å². The van der Waals surface area contributed by atoms with Crippen molar-refractivity contribution in [2.75, 3.05) is 0 Å². The predicted octanol–water partition coefficient (Wildman–Crippen LogP) is 4.87. The van der Waals surface area contributed by atoms with E-state index in [1.165, 1.54) is 42.1 Å². The highest BCUT2D eigenvalue weighted by Crippen LogP contribution is 2.35. The highest BCUT2D eigenvalue weighted by Gasteiger charge is 2.26. The lowest BCUT2D eigenvalue weighted by Gasteiger charge is -2.06. The molecule has 27 heavy (non-hydrogen) atoms. The highest BCUT2D eigenvalue weighted by molar-refractivity contribution is 8.06. The van der Waals surface area contributed by atoms with Gasteiger partial charge in [-0.05, 0) is 60.7 Å². The Kier molecular flexibility index (Phi) is 6.21. The molecule has 1 aromatic heterocycles. The van der Waals surface area contributed by atoms with Crippen LogP contribution < -0.4 is 4.13 Å². The zero-order valence-electron chi connectivity index (χ0n) is 13.3. The lowest BCUT2D eigenvalue weighted by atomic mass is 10.4. The molecule has 0 aliphatic rings. The van der Waals surface area contributed by atoms with Gasteiger partial charge in [-0.2, -0.15) is 0 Å². The second-order valence-electron chi connectivity index (χ2n) is 5.17. The van der Waals surface area contributed by atoms with Gasteiger partial charge in [0.25, 0.3) is 20.0 Å². The maximum atomic E-state index is 12.5. The van der Waals surface area contributed by atoms with Crippen molar-refractivity contribution in [3.8, 4) is 0 Å². The van der Waals surface area contributed by atoms with Crippen LogP contribution in [0.3, 0.4) is 0 Å². The topological polar surface area (TPSA) is 80.3 Å². The van der Waals surface area contributed by atoms with E-state index in [-0.39, 0.29) is 9.10 Å². The Morgan fingerprint density at radius 2 is 1.30 bits per heavy atom. The summed E-state index contributed by atoms with van der Waals surface area (Å²) >= 11 is 13.9. The van der Waals surface area contributed by atoms with Crippen LogP contribution in [0.25, 0.3) is 0 Å². The first-order valence-corrected chi connectivity index (χ1v) is 12.6. The van der Waals surface area contributed by atoms with Crippen LogP contribution in [0, 0.1) is 0 Å². The second-order valence-corrected chi connectivity index (χ2v) is 12.4. The fourth-order valence-electron chi connectivity index (χ4n) is 1.97. The molecule has 0 saturated heterocycles. The molecule has 0 bridgehead atoms. The number of thiophene rings is 1. The standard InChI is InChI=1S/C16H11Cl2NO4S4/c17-11-1-5-13(6-2-11)24-15-9-10-16(25-15)27(22,23)19-26(20,21)14-7-3-12(18)4-8-14/h1-10,19H. The Morgan fingerprint density at radius 3 is 1.89 bits per heavy atom. The van der Waals surface area contributed by atoms with E-state index in [1.54, 1.807) is 22.3 Å². The van der Waals surface area contributed by atoms with Gasteiger partial charge in [0, 0.05) is 14.9 Å². The molecule has 0 atom stereocenters. The molecule has 142 valence electrons. The minimum atomic E-state index is -4.25. The van der Waals surface area contributed by atoms with Gasteiger partial charge in [0.05, 0.1) is 9.10 Å². The molecule has 1 N–H and O–H groups in total. The second kappa shape index (κ2) is 8.12. The largest absolute Gasteiger partial charge is 0.263 e. The minimum absolute atomic E-state index is 0.100. The zero-order chi connectivity index (χ0) is 19.7. The Bertz CT molecular complexity index is 1160. The molecule has 11 heteroatoms. The maximum absolute atomic E-state index is 12.5. The third-order valence-corrected chi connectivity index (χ3v) is 9.94. The van der Waals surface area contributed by atoms with Gasteiger partial charge in [-0.15, -0.1) is 11.3 Å². The van der Waals surface area contributed by atoms with Gasteiger partial charge in [0.15, 0.2) is 0 Å². The molecule has 0 radical (unpaired) electrons. The number of hydrogen-bond acceptors (Lipinski definition) is 6. The van der Waals surface area contributed by atoms with Crippen molar-refractivity contribution in [1.29, 1.82) is 0 Å². The molecule has 0 spiro atoms. The molecule has 0 aliphatic carbocycles. The van der Waals surface area contributed by atoms with Gasteiger partial charge in [0.2, 0.25) is 0 Å². The number of sulfonamides is 2. The van der Waals surface area contributed by atoms with E-state index in [1.807, 2.05) is 12.1 Å². The molecule has 0 aliphatic heterocycles. The predicted molar refractivity (Wildman–Crippen MR) is 109 cm³/mol. The molecule has 1 heterocycles. The van der Waals surface area contributed by atoms with Crippen molar-refractivity contribution in [3.05, 3.63) is 70.7 Å². The van der Waals surface area contributed by atoms with Crippen LogP contribution in [0.5, 0.6) is 0 Å². The van der Waals surface area contributed by atoms with Crippen LogP contribution in [0.15, 0.2) is 78.9 Å². The van der Waals surface area contributed by atoms with Gasteiger partial charge in [-0.3, -0.25) is 0 Å². The average molecular weight is 480 g/mol. The summed E-state index contributed by atoms with van der Waals surface area (Å²) in [6.45, 7) is 0. The smallest absolute Gasteiger partial charge is 0.206 e. The molecular formula is C16H11Cl2NO4S4. The Labute approximate surface area is 175 Å². The third kappa shape index (κ3) is 5.26. The minimum Gasteiger partial charge on any atom is -0.206 e. The molecule has 3 aromatic rings. The summed E-state index contributed by atoms with van der Waals surface area (Å²) in [6, 6.07) is 15.3. The van der Waals surface area contributed by atoms with E-state index in [9.17, 15) is 16.8 Å². The summed E-state index contributed by atoms with van der Waals surface area (Å²) in [6.07, 6.45) is 0. The van der Waals surface area contributed by atoms with Gasteiger partial charge in [-0.1, -0.05) is 39.1 Å².